The average molecular weight is 314 g/mol. The summed E-state index contributed by atoms with van der Waals surface area (Å²) in [4.78, 5) is 13.7. The molecule has 5 nitrogen and oxygen atoms in total. The first kappa shape index (κ1) is 14.7. The Morgan fingerprint density at radius 1 is 1.22 bits per heavy atom. The maximum Gasteiger partial charge on any atom is 0.335 e. The van der Waals surface area contributed by atoms with Crippen LogP contribution < -0.4 is 0 Å². The molecule has 0 atom stereocenters. The number of carboxylic acid groups (broad SMARTS) is 1. The van der Waals surface area contributed by atoms with E-state index in [1.807, 2.05) is 12.1 Å². The van der Waals surface area contributed by atoms with Crippen molar-refractivity contribution in [2.75, 3.05) is 32.8 Å². The Hall–Kier alpha value is -1.85. The van der Waals surface area contributed by atoms with Crippen LogP contribution in [0.15, 0.2) is 24.4 Å². The number of benzene rings is 1. The summed E-state index contributed by atoms with van der Waals surface area (Å²) in [5, 5.41) is 10.4. The molecule has 0 spiro atoms. The summed E-state index contributed by atoms with van der Waals surface area (Å²) in [6, 6.07) is 5.52. The number of aromatic carboxylic acids is 1. The molecule has 0 unspecified atom stereocenters. The quantitative estimate of drug-likeness (QED) is 0.921. The number of carbonyl (C=O) groups is 1. The number of nitrogens with zero attached hydrogens (tertiary/aromatic N) is 2. The summed E-state index contributed by atoms with van der Waals surface area (Å²) < 4.78 is 7.69. The van der Waals surface area contributed by atoms with Crippen molar-refractivity contribution in [3.8, 4) is 0 Å². The molecule has 0 radical (unpaired) electrons. The molecule has 1 aliphatic heterocycles. The highest BCUT2D eigenvalue weighted by atomic mass is 16.5. The second-order valence-electron chi connectivity index (χ2n) is 6.54. The molecule has 1 aliphatic carbocycles. The van der Waals surface area contributed by atoms with Crippen molar-refractivity contribution >= 4 is 16.9 Å². The zero-order valence-electron chi connectivity index (χ0n) is 13.2. The lowest BCUT2D eigenvalue weighted by Crippen LogP contribution is -2.38. The third-order valence-corrected chi connectivity index (χ3v) is 4.94. The molecule has 1 saturated heterocycles. The van der Waals surface area contributed by atoms with Crippen molar-refractivity contribution in [3.63, 3.8) is 0 Å². The molecular formula is C18H22N2O3. The molecule has 4 rings (SSSR count). The lowest BCUT2D eigenvalue weighted by molar-refractivity contribution is 0.0365. The van der Waals surface area contributed by atoms with Crippen molar-refractivity contribution in [1.29, 1.82) is 0 Å². The molecule has 0 bridgehead atoms. The second-order valence-corrected chi connectivity index (χ2v) is 6.54. The highest BCUT2D eigenvalue weighted by molar-refractivity contribution is 5.95. The highest BCUT2D eigenvalue weighted by Crippen LogP contribution is 2.44. The minimum Gasteiger partial charge on any atom is -0.478 e. The Kier molecular flexibility index (Phi) is 3.83. The van der Waals surface area contributed by atoms with Crippen LogP contribution in [0.5, 0.6) is 0 Å². The molecule has 1 saturated carbocycles. The molecule has 1 aromatic carbocycles. The second kappa shape index (κ2) is 5.98. The number of rotatable bonds is 5. The van der Waals surface area contributed by atoms with Crippen LogP contribution in [-0.4, -0.2) is 53.4 Å². The molecule has 2 aliphatic rings. The fourth-order valence-electron chi connectivity index (χ4n) is 3.44. The molecule has 2 heterocycles. The molecule has 1 N–H and O–H groups in total. The van der Waals surface area contributed by atoms with Gasteiger partial charge in [-0.1, -0.05) is 0 Å². The maximum absolute atomic E-state index is 11.3. The predicted octanol–water partition coefficient (Wildman–Crippen LogP) is 2.55. The fraction of sp³-hybridized carbons (Fsp3) is 0.500. The van der Waals surface area contributed by atoms with Crippen molar-refractivity contribution in [2.24, 2.45) is 0 Å². The zero-order chi connectivity index (χ0) is 15.8. The van der Waals surface area contributed by atoms with Crippen LogP contribution in [0, 0.1) is 0 Å². The molecule has 5 heteroatoms. The van der Waals surface area contributed by atoms with Gasteiger partial charge in [0.1, 0.15) is 0 Å². The van der Waals surface area contributed by atoms with E-state index in [4.69, 9.17) is 4.74 Å². The van der Waals surface area contributed by atoms with Crippen molar-refractivity contribution in [2.45, 2.75) is 25.3 Å². The Balaban J connectivity index is 1.62. The zero-order valence-corrected chi connectivity index (χ0v) is 13.2. The summed E-state index contributed by atoms with van der Waals surface area (Å²) in [6.07, 6.45) is 4.69. The van der Waals surface area contributed by atoms with Crippen LogP contribution in [0.25, 0.3) is 10.9 Å². The van der Waals surface area contributed by atoms with E-state index >= 15 is 0 Å². The number of morpholine rings is 1. The van der Waals surface area contributed by atoms with E-state index in [-0.39, 0.29) is 0 Å². The Labute approximate surface area is 135 Å². The van der Waals surface area contributed by atoms with E-state index in [9.17, 15) is 9.90 Å². The lowest BCUT2D eigenvalue weighted by Gasteiger charge is -2.26. The molecule has 2 fully saturated rings. The number of ether oxygens (including phenoxy) is 1. The topological polar surface area (TPSA) is 54.7 Å². The summed E-state index contributed by atoms with van der Waals surface area (Å²) in [5.74, 6) is -0.235. The Morgan fingerprint density at radius 2 is 2.00 bits per heavy atom. The summed E-state index contributed by atoms with van der Waals surface area (Å²) >= 11 is 0. The third-order valence-electron chi connectivity index (χ3n) is 4.94. The number of aromatic nitrogens is 1. The van der Waals surface area contributed by atoms with Gasteiger partial charge < -0.3 is 14.4 Å². The standard InChI is InChI=1S/C18H22N2O3/c21-18(22)14-3-4-17-15(11-14)16(13-1-2-13)12-20(17)6-5-19-7-9-23-10-8-19/h3-4,11-13H,1-2,5-10H2,(H,21,22). The SMILES string of the molecule is O=C(O)c1ccc2c(c1)c(C1CC1)cn2CCN1CCOCC1. The van der Waals surface area contributed by atoms with E-state index in [0.717, 1.165) is 50.3 Å². The summed E-state index contributed by atoms with van der Waals surface area (Å²) in [6.45, 7) is 5.59. The highest BCUT2D eigenvalue weighted by Gasteiger charge is 2.27. The maximum atomic E-state index is 11.3. The summed E-state index contributed by atoms with van der Waals surface area (Å²) in [5.41, 5.74) is 2.86. The van der Waals surface area contributed by atoms with E-state index in [1.165, 1.54) is 18.4 Å². The minimum atomic E-state index is -0.852. The van der Waals surface area contributed by atoms with E-state index in [0.29, 0.717) is 11.5 Å². The Bertz CT molecular complexity index is 727. The van der Waals surface area contributed by atoms with Crippen LogP contribution >= 0.6 is 0 Å². The van der Waals surface area contributed by atoms with Gasteiger partial charge in [-0.15, -0.1) is 0 Å². The van der Waals surface area contributed by atoms with Crippen LogP contribution in [0.1, 0.15) is 34.7 Å². The molecule has 2 aromatic rings. The average Bonchev–Trinajstić information content (AvgIpc) is 3.35. The Morgan fingerprint density at radius 3 is 2.70 bits per heavy atom. The van der Waals surface area contributed by atoms with Gasteiger partial charge in [0.05, 0.1) is 18.8 Å². The minimum absolute atomic E-state index is 0.380. The van der Waals surface area contributed by atoms with Gasteiger partial charge in [0.25, 0.3) is 0 Å². The number of hydrogen-bond acceptors (Lipinski definition) is 3. The van der Waals surface area contributed by atoms with Crippen LogP contribution in [0.3, 0.4) is 0 Å². The fourth-order valence-corrected chi connectivity index (χ4v) is 3.44. The largest absolute Gasteiger partial charge is 0.478 e. The molecule has 23 heavy (non-hydrogen) atoms. The number of fused-ring (bicyclic) bond motifs is 1. The van der Waals surface area contributed by atoms with E-state index in [1.54, 1.807) is 6.07 Å². The van der Waals surface area contributed by atoms with Gasteiger partial charge in [0.15, 0.2) is 0 Å². The van der Waals surface area contributed by atoms with Gasteiger partial charge >= 0.3 is 5.97 Å². The van der Waals surface area contributed by atoms with Gasteiger partial charge in [-0.05, 0) is 42.5 Å². The molecular weight excluding hydrogens is 292 g/mol. The monoisotopic (exact) mass is 314 g/mol. The van der Waals surface area contributed by atoms with Crippen LogP contribution in [0.4, 0.5) is 0 Å². The van der Waals surface area contributed by atoms with Gasteiger partial charge in [-0.3, -0.25) is 4.90 Å². The van der Waals surface area contributed by atoms with Crippen molar-refractivity contribution in [3.05, 3.63) is 35.5 Å². The normalized spacial score (nSPS) is 19.3. The lowest BCUT2D eigenvalue weighted by atomic mass is 10.1. The molecule has 122 valence electrons. The molecule has 0 amide bonds. The number of hydrogen-bond donors (Lipinski definition) is 1. The van der Waals surface area contributed by atoms with Crippen LogP contribution in [-0.2, 0) is 11.3 Å². The van der Waals surface area contributed by atoms with E-state index < -0.39 is 5.97 Å². The van der Waals surface area contributed by atoms with Crippen LogP contribution in [0.2, 0.25) is 0 Å². The van der Waals surface area contributed by atoms with Crippen molar-refractivity contribution in [1.82, 2.24) is 9.47 Å². The smallest absolute Gasteiger partial charge is 0.335 e. The van der Waals surface area contributed by atoms with Gasteiger partial charge in [-0.25, -0.2) is 4.79 Å². The van der Waals surface area contributed by atoms with Gasteiger partial charge in [-0.2, -0.15) is 0 Å². The van der Waals surface area contributed by atoms with Gasteiger partial charge in [0, 0.05) is 43.3 Å². The molecule has 1 aromatic heterocycles. The number of carboxylic acids is 1. The van der Waals surface area contributed by atoms with E-state index in [2.05, 4.69) is 15.7 Å². The predicted molar refractivity (Wildman–Crippen MR) is 88.1 cm³/mol. The van der Waals surface area contributed by atoms with Crippen molar-refractivity contribution < 1.29 is 14.6 Å². The first-order chi connectivity index (χ1) is 11.2. The third kappa shape index (κ3) is 2.99. The van der Waals surface area contributed by atoms with Gasteiger partial charge in [0.2, 0.25) is 0 Å². The first-order valence-electron chi connectivity index (χ1n) is 8.38. The summed E-state index contributed by atoms with van der Waals surface area (Å²) in [7, 11) is 0. The first-order valence-corrected chi connectivity index (χ1v) is 8.38.